The number of rotatable bonds is 5. The van der Waals surface area contributed by atoms with E-state index in [-0.39, 0.29) is 12.5 Å². The van der Waals surface area contributed by atoms with Gasteiger partial charge in [-0.2, -0.15) is 0 Å². The maximum Gasteiger partial charge on any atom is 0.251 e. The van der Waals surface area contributed by atoms with E-state index in [2.05, 4.69) is 21.2 Å². The number of amides is 1. The van der Waals surface area contributed by atoms with Gasteiger partial charge in [0, 0.05) is 21.6 Å². The minimum atomic E-state index is -0.842. The van der Waals surface area contributed by atoms with Crippen molar-refractivity contribution in [2.45, 2.75) is 32.3 Å². The fourth-order valence-electron chi connectivity index (χ4n) is 1.53. The summed E-state index contributed by atoms with van der Waals surface area (Å²) < 4.78 is 0.751. The van der Waals surface area contributed by atoms with Crippen LogP contribution in [0, 0.1) is 0 Å². The van der Waals surface area contributed by atoms with E-state index in [0.717, 1.165) is 4.47 Å². The van der Waals surface area contributed by atoms with Crippen LogP contribution < -0.4 is 5.32 Å². The fraction of sp³-hybridized carbons (Fsp3) is 0.462. The van der Waals surface area contributed by atoms with E-state index in [4.69, 9.17) is 11.6 Å². The largest absolute Gasteiger partial charge is 0.388 e. The molecular weight excluding hydrogens is 318 g/mol. The molecule has 3 nitrogen and oxygen atoms in total. The van der Waals surface area contributed by atoms with E-state index < -0.39 is 5.60 Å². The van der Waals surface area contributed by atoms with Crippen LogP contribution in [0.5, 0.6) is 0 Å². The van der Waals surface area contributed by atoms with E-state index in [0.29, 0.717) is 23.4 Å². The Kier molecular flexibility index (Phi) is 5.63. The number of benzene rings is 1. The molecule has 1 rings (SSSR count). The smallest absolute Gasteiger partial charge is 0.251 e. The molecule has 1 amide bonds. The molecule has 0 aromatic heterocycles. The van der Waals surface area contributed by atoms with E-state index >= 15 is 0 Å². The number of halogens is 2. The van der Waals surface area contributed by atoms with Crippen molar-refractivity contribution in [1.82, 2.24) is 5.32 Å². The predicted octanol–water partition coefficient (Wildman–Crippen LogP) is 3.38. The first kappa shape index (κ1) is 15.5. The summed E-state index contributed by atoms with van der Waals surface area (Å²) in [5.41, 5.74) is -0.366. The van der Waals surface area contributed by atoms with Gasteiger partial charge in [0.25, 0.3) is 5.91 Å². The summed E-state index contributed by atoms with van der Waals surface area (Å²) >= 11 is 9.16. The third-order valence-electron chi connectivity index (χ3n) is 3.02. The lowest BCUT2D eigenvalue weighted by Gasteiger charge is -2.25. The Morgan fingerprint density at radius 2 is 2.00 bits per heavy atom. The van der Waals surface area contributed by atoms with Crippen LogP contribution in [0.2, 0.25) is 5.02 Å². The molecule has 100 valence electrons. The van der Waals surface area contributed by atoms with Gasteiger partial charge in [-0.15, -0.1) is 0 Å². The molecule has 0 unspecified atom stereocenters. The lowest BCUT2D eigenvalue weighted by molar-refractivity contribution is 0.0314. The molecule has 2 N–H and O–H groups in total. The Labute approximate surface area is 121 Å². The van der Waals surface area contributed by atoms with Crippen LogP contribution in [-0.4, -0.2) is 23.2 Å². The van der Waals surface area contributed by atoms with Gasteiger partial charge in [0.2, 0.25) is 0 Å². The van der Waals surface area contributed by atoms with Gasteiger partial charge in [-0.05, 0) is 31.0 Å². The molecule has 0 spiro atoms. The number of hydrogen-bond acceptors (Lipinski definition) is 2. The van der Waals surface area contributed by atoms with E-state index in [9.17, 15) is 9.90 Å². The average Bonchev–Trinajstić information content (AvgIpc) is 2.34. The number of aliphatic hydroxyl groups is 1. The second kappa shape index (κ2) is 6.55. The van der Waals surface area contributed by atoms with Crippen molar-refractivity contribution in [2.24, 2.45) is 0 Å². The lowest BCUT2D eigenvalue weighted by atomic mass is 9.97. The number of carbonyl (C=O) groups excluding carboxylic acids is 1. The van der Waals surface area contributed by atoms with Crippen molar-refractivity contribution in [3.05, 3.63) is 33.3 Å². The Morgan fingerprint density at radius 1 is 1.39 bits per heavy atom. The van der Waals surface area contributed by atoms with E-state index in [1.165, 1.54) is 0 Å². The van der Waals surface area contributed by atoms with Crippen LogP contribution in [0.4, 0.5) is 0 Å². The molecule has 0 saturated carbocycles. The molecule has 0 radical (unpaired) electrons. The molecule has 0 saturated heterocycles. The second-order valence-corrected chi connectivity index (χ2v) is 5.62. The molecule has 1 aromatic rings. The molecule has 0 heterocycles. The maximum atomic E-state index is 11.9. The molecule has 0 aliphatic carbocycles. The Morgan fingerprint density at radius 3 is 2.50 bits per heavy atom. The summed E-state index contributed by atoms with van der Waals surface area (Å²) in [5, 5.41) is 13.3. The van der Waals surface area contributed by atoms with Gasteiger partial charge in [0.1, 0.15) is 0 Å². The first-order chi connectivity index (χ1) is 8.40. The highest BCUT2D eigenvalue weighted by Crippen LogP contribution is 2.20. The molecule has 0 aliphatic heterocycles. The monoisotopic (exact) mass is 333 g/mol. The SMILES string of the molecule is CCC(O)(CC)CNC(=O)c1cc(Cl)cc(Br)c1. The highest BCUT2D eigenvalue weighted by molar-refractivity contribution is 9.10. The highest BCUT2D eigenvalue weighted by Gasteiger charge is 2.23. The first-order valence-corrected chi connectivity index (χ1v) is 7.04. The predicted molar refractivity (Wildman–Crippen MR) is 77.0 cm³/mol. The van der Waals surface area contributed by atoms with Crippen LogP contribution in [0.1, 0.15) is 37.0 Å². The topological polar surface area (TPSA) is 49.3 Å². The molecule has 0 aliphatic rings. The Balaban J connectivity index is 2.71. The van der Waals surface area contributed by atoms with Crippen molar-refractivity contribution >= 4 is 33.4 Å². The number of carbonyl (C=O) groups is 1. The zero-order valence-corrected chi connectivity index (χ0v) is 12.8. The second-order valence-electron chi connectivity index (χ2n) is 4.27. The Hall–Kier alpha value is -0.580. The summed E-state index contributed by atoms with van der Waals surface area (Å²) in [6.07, 6.45) is 1.20. The third-order valence-corrected chi connectivity index (χ3v) is 3.70. The minimum absolute atomic E-state index is 0.237. The number of nitrogens with one attached hydrogen (secondary N) is 1. The van der Waals surface area contributed by atoms with Crippen molar-refractivity contribution in [1.29, 1.82) is 0 Å². The molecule has 0 bridgehead atoms. The van der Waals surface area contributed by atoms with Gasteiger partial charge in [0.15, 0.2) is 0 Å². The summed E-state index contributed by atoms with van der Waals surface area (Å²) in [6, 6.07) is 5.00. The number of hydrogen-bond donors (Lipinski definition) is 2. The van der Waals surface area contributed by atoms with Crippen LogP contribution in [0.25, 0.3) is 0 Å². The maximum absolute atomic E-state index is 11.9. The van der Waals surface area contributed by atoms with Gasteiger partial charge in [-0.1, -0.05) is 41.4 Å². The van der Waals surface area contributed by atoms with E-state index in [1.54, 1.807) is 18.2 Å². The van der Waals surface area contributed by atoms with Gasteiger partial charge in [-0.25, -0.2) is 0 Å². The van der Waals surface area contributed by atoms with E-state index in [1.807, 2.05) is 13.8 Å². The van der Waals surface area contributed by atoms with Crippen LogP contribution >= 0.6 is 27.5 Å². The minimum Gasteiger partial charge on any atom is -0.388 e. The summed E-state index contributed by atoms with van der Waals surface area (Å²) in [5.74, 6) is -0.237. The molecule has 1 aromatic carbocycles. The molecule has 0 fully saturated rings. The van der Waals surface area contributed by atoms with Crippen molar-refractivity contribution in [3.8, 4) is 0 Å². The average molecular weight is 335 g/mol. The summed E-state index contributed by atoms with van der Waals surface area (Å²) in [7, 11) is 0. The zero-order chi connectivity index (χ0) is 13.8. The highest BCUT2D eigenvalue weighted by atomic mass is 79.9. The van der Waals surface area contributed by atoms with Gasteiger partial charge in [-0.3, -0.25) is 4.79 Å². The van der Waals surface area contributed by atoms with Crippen molar-refractivity contribution in [2.75, 3.05) is 6.54 Å². The third kappa shape index (κ3) is 4.26. The standard InChI is InChI=1S/C13H17BrClNO2/c1-3-13(18,4-2)8-16-12(17)9-5-10(14)7-11(15)6-9/h5-7,18H,3-4,8H2,1-2H3,(H,16,17). The van der Waals surface area contributed by atoms with Gasteiger partial charge in [0.05, 0.1) is 5.60 Å². The molecule has 5 heteroatoms. The fourth-order valence-corrected chi connectivity index (χ4v) is 2.39. The molecule has 0 atom stereocenters. The summed E-state index contributed by atoms with van der Waals surface area (Å²) in [6.45, 7) is 4.03. The lowest BCUT2D eigenvalue weighted by Crippen LogP contribution is -2.42. The van der Waals surface area contributed by atoms with Gasteiger partial charge >= 0.3 is 0 Å². The van der Waals surface area contributed by atoms with Crippen LogP contribution in [0.3, 0.4) is 0 Å². The Bertz CT molecular complexity index is 413. The van der Waals surface area contributed by atoms with Crippen LogP contribution in [0.15, 0.2) is 22.7 Å². The first-order valence-electron chi connectivity index (χ1n) is 5.87. The van der Waals surface area contributed by atoms with Crippen LogP contribution in [-0.2, 0) is 0 Å². The van der Waals surface area contributed by atoms with Gasteiger partial charge < -0.3 is 10.4 Å². The zero-order valence-electron chi connectivity index (χ0n) is 10.5. The van der Waals surface area contributed by atoms with Crippen molar-refractivity contribution < 1.29 is 9.90 Å². The quantitative estimate of drug-likeness (QED) is 0.867. The molecule has 18 heavy (non-hydrogen) atoms. The summed E-state index contributed by atoms with van der Waals surface area (Å²) in [4.78, 5) is 11.9. The molecular formula is C13H17BrClNO2. The van der Waals surface area contributed by atoms with Crippen molar-refractivity contribution in [3.63, 3.8) is 0 Å². The normalized spacial score (nSPS) is 11.4.